The maximum atomic E-state index is 13.5. The van der Waals surface area contributed by atoms with Gasteiger partial charge in [-0.1, -0.05) is 36.8 Å². The van der Waals surface area contributed by atoms with Crippen molar-refractivity contribution in [1.29, 1.82) is 0 Å². The summed E-state index contributed by atoms with van der Waals surface area (Å²) in [6.07, 6.45) is 4.50. The Labute approximate surface area is 295 Å². The molecule has 8 heteroatoms. The van der Waals surface area contributed by atoms with Gasteiger partial charge < -0.3 is 29.2 Å². The number of aromatic nitrogens is 1. The lowest BCUT2D eigenvalue weighted by Gasteiger charge is -2.32. The van der Waals surface area contributed by atoms with E-state index in [2.05, 4.69) is 58.8 Å². The second kappa shape index (κ2) is 15.9. The number of carbonyl (C=O) groups is 1. The van der Waals surface area contributed by atoms with Gasteiger partial charge in [-0.05, 0) is 105 Å². The minimum Gasteiger partial charge on any atom is -0.496 e. The van der Waals surface area contributed by atoms with Crippen LogP contribution in [0.2, 0.25) is 0 Å². The average molecular weight is 677 g/mol. The predicted molar refractivity (Wildman–Crippen MR) is 201 cm³/mol. The fourth-order valence-corrected chi connectivity index (χ4v) is 7.05. The number of rotatable bonds is 13. The smallest absolute Gasteiger partial charge is 0.255 e. The zero-order valence-corrected chi connectivity index (χ0v) is 30.0. The molecule has 1 N–H and O–H groups in total. The van der Waals surface area contributed by atoms with Crippen molar-refractivity contribution in [2.24, 2.45) is 0 Å². The Hall–Kier alpha value is -4.66. The lowest BCUT2D eigenvalue weighted by atomic mass is 10.0. The molecule has 0 atom stereocenters. The molecule has 1 aliphatic heterocycles. The SMILES string of the molecule is COc1cc(NC(=O)c2ccc(Cc3ccc4c(c3)c(C)c(C)n4CCCCCN3CCN(C)CC3)cc2)cc(OC)c1-c1ccc(F)cc1. The number of hydrogen-bond donors (Lipinski definition) is 1. The molecule has 0 unspecified atom stereocenters. The van der Waals surface area contributed by atoms with E-state index >= 15 is 0 Å². The van der Waals surface area contributed by atoms with E-state index in [9.17, 15) is 9.18 Å². The number of hydrogen-bond acceptors (Lipinski definition) is 5. The van der Waals surface area contributed by atoms with Crippen molar-refractivity contribution >= 4 is 22.5 Å². The Bertz CT molecular complexity index is 1900. The van der Waals surface area contributed by atoms with Crippen LogP contribution in [0.3, 0.4) is 0 Å². The number of carbonyl (C=O) groups excluding carboxylic acids is 1. The van der Waals surface area contributed by atoms with Crippen LogP contribution in [0, 0.1) is 19.7 Å². The highest BCUT2D eigenvalue weighted by Gasteiger charge is 2.18. The minimum atomic E-state index is -0.323. The molecule has 1 saturated heterocycles. The van der Waals surface area contributed by atoms with E-state index in [1.165, 1.54) is 91.8 Å². The monoisotopic (exact) mass is 676 g/mol. The van der Waals surface area contributed by atoms with E-state index in [0.717, 1.165) is 24.1 Å². The molecule has 0 aliphatic carbocycles. The largest absolute Gasteiger partial charge is 0.496 e. The van der Waals surface area contributed by atoms with Gasteiger partial charge in [0.15, 0.2) is 0 Å². The number of aryl methyl sites for hydroxylation is 2. The predicted octanol–water partition coefficient (Wildman–Crippen LogP) is 8.34. The van der Waals surface area contributed by atoms with Crippen LogP contribution >= 0.6 is 0 Å². The van der Waals surface area contributed by atoms with Crippen molar-refractivity contribution in [3.8, 4) is 22.6 Å². The number of fused-ring (bicyclic) bond motifs is 1. The van der Waals surface area contributed by atoms with E-state index in [1.807, 2.05) is 24.3 Å². The summed E-state index contributed by atoms with van der Waals surface area (Å²) < 4.78 is 27.3. The van der Waals surface area contributed by atoms with E-state index in [0.29, 0.717) is 28.3 Å². The number of likely N-dealkylation sites (N-methyl/N-ethyl adjacent to an activating group) is 1. The molecule has 5 aromatic rings. The average Bonchev–Trinajstić information content (AvgIpc) is 3.36. The Morgan fingerprint density at radius 3 is 2.08 bits per heavy atom. The fraction of sp³-hybridized carbons (Fsp3) is 0.357. The number of methoxy groups -OCH3 is 2. The zero-order valence-electron chi connectivity index (χ0n) is 30.0. The van der Waals surface area contributed by atoms with E-state index < -0.39 is 0 Å². The second-order valence-corrected chi connectivity index (χ2v) is 13.5. The summed E-state index contributed by atoms with van der Waals surface area (Å²) >= 11 is 0. The first-order valence-corrected chi connectivity index (χ1v) is 17.7. The molecule has 0 saturated carbocycles. The molecule has 0 spiro atoms. The molecule has 0 bridgehead atoms. The van der Waals surface area contributed by atoms with Crippen LogP contribution in [0.4, 0.5) is 10.1 Å². The quantitative estimate of drug-likeness (QED) is 0.127. The molecular formula is C42H49FN4O3. The molecule has 1 aromatic heterocycles. The summed E-state index contributed by atoms with van der Waals surface area (Å²) in [5.41, 5.74) is 8.94. The van der Waals surface area contributed by atoms with Gasteiger partial charge in [0.1, 0.15) is 17.3 Å². The first-order chi connectivity index (χ1) is 24.2. The van der Waals surface area contributed by atoms with Crippen LogP contribution in [0.15, 0.2) is 78.9 Å². The summed E-state index contributed by atoms with van der Waals surface area (Å²) in [7, 11) is 5.32. The maximum Gasteiger partial charge on any atom is 0.255 e. The topological polar surface area (TPSA) is 59.0 Å². The molecule has 262 valence electrons. The molecule has 1 amide bonds. The van der Waals surface area contributed by atoms with Crippen molar-refractivity contribution in [1.82, 2.24) is 14.4 Å². The van der Waals surface area contributed by atoms with Crippen LogP contribution < -0.4 is 14.8 Å². The van der Waals surface area contributed by atoms with Gasteiger partial charge in [0.05, 0.1) is 19.8 Å². The summed E-state index contributed by atoms with van der Waals surface area (Å²) in [6.45, 7) is 11.5. The number of ether oxygens (including phenoxy) is 2. The van der Waals surface area contributed by atoms with Crippen molar-refractivity contribution < 1.29 is 18.7 Å². The van der Waals surface area contributed by atoms with Crippen LogP contribution in [-0.4, -0.2) is 74.3 Å². The van der Waals surface area contributed by atoms with Gasteiger partial charge in [-0.3, -0.25) is 4.79 Å². The number of amides is 1. The Morgan fingerprint density at radius 1 is 0.780 bits per heavy atom. The molecule has 1 aliphatic rings. The molecule has 1 fully saturated rings. The van der Waals surface area contributed by atoms with Gasteiger partial charge in [-0.2, -0.15) is 0 Å². The Kier molecular flexibility index (Phi) is 11.2. The number of piperazine rings is 1. The number of nitrogens with zero attached hydrogens (tertiary/aromatic N) is 3. The molecule has 7 nitrogen and oxygen atoms in total. The molecule has 2 heterocycles. The summed E-state index contributed by atoms with van der Waals surface area (Å²) in [6, 6.07) is 24.2. The van der Waals surface area contributed by atoms with Gasteiger partial charge in [0.2, 0.25) is 0 Å². The standard InChI is InChI=1S/C42H49FN4O3/c1-29-30(2)47(20-8-6-7-19-46-23-21-45(3)22-24-46)38-18-11-32(26-37(29)38)25-31-9-12-34(13-10-31)42(48)44-36-27-39(49-4)41(40(28-36)50-5)33-14-16-35(43)17-15-33/h9-18,26-28H,6-8,19-25H2,1-5H3,(H,44,48). The van der Waals surface area contributed by atoms with Crippen LogP contribution in [0.5, 0.6) is 11.5 Å². The third-order valence-electron chi connectivity index (χ3n) is 10.2. The number of unbranched alkanes of at least 4 members (excludes halogenated alkanes) is 2. The Morgan fingerprint density at radius 2 is 1.42 bits per heavy atom. The first kappa shape index (κ1) is 35.2. The van der Waals surface area contributed by atoms with Gasteiger partial charge in [-0.25, -0.2) is 4.39 Å². The molecule has 6 rings (SSSR count). The molecular weight excluding hydrogens is 627 g/mol. The highest BCUT2D eigenvalue weighted by atomic mass is 19.1. The molecule has 50 heavy (non-hydrogen) atoms. The molecule has 0 radical (unpaired) electrons. The highest BCUT2D eigenvalue weighted by molar-refractivity contribution is 6.04. The fourth-order valence-electron chi connectivity index (χ4n) is 7.05. The number of halogens is 1. The van der Waals surface area contributed by atoms with Crippen molar-refractivity contribution in [3.63, 3.8) is 0 Å². The molecule has 4 aromatic carbocycles. The zero-order chi connectivity index (χ0) is 35.2. The van der Waals surface area contributed by atoms with Gasteiger partial charge in [0, 0.05) is 72.7 Å². The van der Waals surface area contributed by atoms with E-state index in [1.54, 1.807) is 38.5 Å². The van der Waals surface area contributed by atoms with E-state index in [-0.39, 0.29) is 11.7 Å². The lowest BCUT2D eigenvalue weighted by molar-refractivity contribution is 0.102. The number of anilines is 1. The summed E-state index contributed by atoms with van der Waals surface area (Å²) in [5.74, 6) is 0.465. The van der Waals surface area contributed by atoms with Crippen molar-refractivity contribution in [2.75, 3.05) is 59.3 Å². The summed E-state index contributed by atoms with van der Waals surface area (Å²) in [4.78, 5) is 18.3. The number of nitrogens with one attached hydrogen (secondary N) is 1. The third-order valence-corrected chi connectivity index (χ3v) is 10.2. The summed E-state index contributed by atoms with van der Waals surface area (Å²) in [5, 5.41) is 4.30. The number of benzene rings is 4. The first-order valence-electron chi connectivity index (χ1n) is 17.7. The Balaban J connectivity index is 1.07. The van der Waals surface area contributed by atoms with E-state index in [4.69, 9.17) is 9.47 Å². The maximum absolute atomic E-state index is 13.5. The van der Waals surface area contributed by atoms with Crippen LogP contribution in [-0.2, 0) is 13.0 Å². The normalized spacial score (nSPS) is 13.9. The van der Waals surface area contributed by atoms with Gasteiger partial charge in [-0.15, -0.1) is 0 Å². The third kappa shape index (κ3) is 8.03. The van der Waals surface area contributed by atoms with Crippen LogP contribution in [0.25, 0.3) is 22.0 Å². The van der Waals surface area contributed by atoms with Gasteiger partial charge >= 0.3 is 0 Å². The van der Waals surface area contributed by atoms with Crippen molar-refractivity contribution in [2.45, 2.75) is 46.1 Å². The van der Waals surface area contributed by atoms with Crippen LogP contribution in [0.1, 0.15) is 52.0 Å². The second-order valence-electron chi connectivity index (χ2n) is 13.5. The lowest BCUT2D eigenvalue weighted by Crippen LogP contribution is -2.44. The highest BCUT2D eigenvalue weighted by Crippen LogP contribution is 2.41. The van der Waals surface area contributed by atoms with Crippen molar-refractivity contribution in [3.05, 3.63) is 113 Å². The van der Waals surface area contributed by atoms with Gasteiger partial charge in [0.25, 0.3) is 5.91 Å². The minimum absolute atomic E-state index is 0.233.